The van der Waals surface area contributed by atoms with Gasteiger partial charge < -0.3 is 20.3 Å². The molecule has 0 radical (unpaired) electrons. The van der Waals surface area contributed by atoms with E-state index in [1.54, 1.807) is 0 Å². The lowest BCUT2D eigenvalue weighted by Crippen LogP contribution is -2.45. The van der Waals surface area contributed by atoms with Crippen LogP contribution in [0.5, 0.6) is 5.75 Å². The molecule has 0 bridgehead atoms. The number of likely N-dealkylation sites (N-methyl/N-ethyl adjacent to an activating group) is 1. The summed E-state index contributed by atoms with van der Waals surface area (Å²) in [6, 6.07) is 5.81. The number of carbonyl (C=O) groups excluding carboxylic acids is 1. The minimum atomic E-state index is -4.49. The lowest BCUT2D eigenvalue weighted by Gasteiger charge is -2.20. The van der Waals surface area contributed by atoms with Gasteiger partial charge in [0.1, 0.15) is 12.3 Å². The summed E-state index contributed by atoms with van der Waals surface area (Å²) >= 11 is 0. The Morgan fingerprint density at radius 1 is 1.07 bits per heavy atom. The van der Waals surface area contributed by atoms with Crippen molar-refractivity contribution < 1.29 is 35.9 Å². The molecule has 1 aromatic carbocycles. The predicted molar refractivity (Wildman–Crippen MR) is 89.9 cm³/mol. The fourth-order valence-corrected chi connectivity index (χ4v) is 1.93. The highest BCUT2D eigenvalue weighted by atomic mass is 19.4. The average Bonchev–Trinajstić information content (AvgIpc) is 2.58. The molecule has 2 N–H and O–H groups in total. The zero-order valence-corrected chi connectivity index (χ0v) is 15.1. The van der Waals surface area contributed by atoms with Crippen molar-refractivity contribution in [1.29, 1.82) is 0 Å². The van der Waals surface area contributed by atoms with Gasteiger partial charge in [0, 0.05) is 20.6 Å². The summed E-state index contributed by atoms with van der Waals surface area (Å²) < 4.78 is 77.6. The van der Waals surface area contributed by atoms with Crippen LogP contribution in [0.4, 0.5) is 26.3 Å². The van der Waals surface area contributed by atoms with E-state index in [0.29, 0.717) is 10.5 Å². The van der Waals surface area contributed by atoms with Crippen LogP contribution in [-0.4, -0.2) is 62.9 Å². The van der Waals surface area contributed by atoms with Crippen molar-refractivity contribution in [3.8, 4) is 5.75 Å². The number of nitrogens with one attached hydrogen (secondary N) is 2. The fourth-order valence-electron chi connectivity index (χ4n) is 1.93. The molecule has 0 fully saturated rings. The van der Waals surface area contributed by atoms with E-state index >= 15 is 0 Å². The summed E-state index contributed by atoms with van der Waals surface area (Å²) in [4.78, 5) is 16.0. The first-order chi connectivity index (χ1) is 12.9. The molecular formula is C16H20F6N4O2. The lowest BCUT2D eigenvalue weighted by molar-refractivity contribution is -0.157. The van der Waals surface area contributed by atoms with Crippen LogP contribution in [0.25, 0.3) is 0 Å². The molecule has 0 aromatic heterocycles. The summed E-state index contributed by atoms with van der Waals surface area (Å²) in [6.45, 7) is -2.93. The largest absolute Gasteiger partial charge is 0.484 e. The predicted octanol–water partition coefficient (Wildman–Crippen LogP) is 2.31. The Kier molecular flexibility index (Phi) is 8.38. The van der Waals surface area contributed by atoms with Gasteiger partial charge in [-0.05, 0) is 17.7 Å². The minimum absolute atomic E-state index is 0.0573. The van der Waals surface area contributed by atoms with E-state index in [1.165, 1.54) is 31.3 Å². The van der Waals surface area contributed by atoms with Crippen LogP contribution in [0.1, 0.15) is 5.56 Å². The van der Waals surface area contributed by atoms with Crippen molar-refractivity contribution in [1.82, 2.24) is 15.5 Å². The summed E-state index contributed by atoms with van der Waals surface area (Å²) in [6.07, 6.45) is -8.91. The smallest absolute Gasteiger partial charge is 0.422 e. The number of guanidine groups is 1. The van der Waals surface area contributed by atoms with Gasteiger partial charge in [-0.3, -0.25) is 9.79 Å². The third kappa shape index (κ3) is 9.88. The fraction of sp³-hybridized carbons (Fsp3) is 0.500. The van der Waals surface area contributed by atoms with E-state index in [1.807, 2.05) is 0 Å². The van der Waals surface area contributed by atoms with Crippen LogP contribution in [0, 0.1) is 0 Å². The maximum Gasteiger partial charge on any atom is 0.422 e. The second-order valence-corrected chi connectivity index (χ2v) is 5.69. The molecule has 1 aromatic rings. The highest BCUT2D eigenvalue weighted by Gasteiger charge is 2.31. The van der Waals surface area contributed by atoms with Crippen molar-refractivity contribution in [2.24, 2.45) is 4.99 Å². The molecule has 0 spiro atoms. The zero-order chi connectivity index (χ0) is 21.4. The number of halogens is 6. The van der Waals surface area contributed by atoms with Crippen LogP contribution in [0.3, 0.4) is 0 Å². The minimum Gasteiger partial charge on any atom is -0.484 e. The van der Waals surface area contributed by atoms with E-state index in [-0.39, 0.29) is 18.3 Å². The molecule has 0 unspecified atom stereocenters. The van der Waals surface area contributed by atoms with Gasteiger partial charge in [-0.15, -0.1) is 0 Å². The number of benzene rings is 1. The van der Waals surface area contributed by atoms with Gasteiger partial charge in [0.25, 0.3) is 0 Å². The quantitative estimate of drug-likeness (QED) is 0.408. The van der Waals surface area contributed by atoms with E-state index < -0.39 is 38.0 Å². The number of hydrogen-bond acceptors (Lipinski definition) is 3. The zero-order valence-electron chi connectivity index (χ0n) is 15.1. The van der Waals surface area contributed by atoms with Crippen molar-refractivity contribution in [3.63, 3.8) is 0 Å². The van der Waals surface area contributed by atoms with E-state index in [0.717, 1.165) is 7.05 Å². The number of hydrogen-bond donors (Lipinski definition) is 2. The Bertz CT molecular complexity index is 659. The Balaban J connectivity index is 2.44. The van der Waals surface area contributed by atoms with Gasteiger partial charge in [-0.2, -0.15) is 26.3 Å². The van der Waals surface area contributed by atoms with Crippen LogP contribution in [0.2, 0.25) is 0 Å². The van der Waals surface area contributed by atoms with Gasteiger partial charge in [-0.1, -0.05) is 12.1 Å². The Morgan fingerprint density at radius 3 is 2.18 bits per heavy atom. The number of amides is 1. The van der Waals surface area contributed by atoms with Crippen molar-refractivity contribution in [2.75, 3.05) is 33.8 Å². The van der Waals surface area contributed by atoms with Crippen molar-refractivity contribution in [2.45, 2.75) is 18.9 Å². The lowest BCUT2D eigenvalue weighted by atomic mass is 10.2. The van der Waals surface area contributed by atoms with Gasteiger partial charge in [-0.25, -0.2) is 0 Å². The molecule has 0 aliphatic rings. The van der Waals surface area contributed by atoms with E-state index in [9.17, 15) is 31.1 Å². The van der Waals surface area contributed by atoms with Crippen molar-refractivity contribution >= 4 is 11.9 Å². The number of nitrogens with zero attached hydrogens (tertiary/aromatic N) is 2. The molecule has 0 aliphatic carbocycles. The highest BCUT2D eigenvalue weighted by molar-refractivity contribution is 5.86. The Morgan fingerprint density at radius 2 is 1.68 bits per heavy atom. The molecule has 6 nitrogen and oxygen atoms in total. The van der Waals surface area contributed by atoms with Gasteiger partial charge in [0.2, 0.25) is 5.91 Å². The maximum absolute atomic E-state index is 12.3. The van der Waals surface area contributed by atoms with Gasteiger partial charge in [0.15, 0.2) is 12.6 Å². The molecule has 28 heavy (non-hydrogen) atoms. The van der Waals surface area contributed by atoms with Gasteiger partial charge >= 0.3 is 12.4 Å². The molecule has 12 heteroatoms. The average molecular weight is 414 g/mol. The topological polar surface area (TPSA) is 66.0 Å². The normalized spacial score (nSPS) is 12.5. The molecule has 1 rings (SSSR count). The first kappa shape index (κ1) is 23.4. The van der Waals surface area contributed by atoms with Crippen LogP contribution in [-0.2, 0) is 11.3 Å². The number of alkyl halides is 6. The maximum atomic E-state index is 12.3. The number of rotatable bonds is 7. The number of ether oxygens (including phenoxy) is 1. The Labute approximate surface area is 157 Å². The monoisotopic (exact) mass is 414 g/mol. The third-order valence-electron chi connectivity index (χ3n) is 3.26. The molecule has 0 aliphatic heterocycles. The molecule has 158 valence electrons. The van der Waals surface area contributed by atoms with E-state index in [2.05, 4.69) is 20.4 Å². The van der Waals surface area contributed by atoms with Crippen LogP contribution in [0.15, 0.2) is 29.3 Å². The van der Waals surface area contributed by atoms with E-state index in [4.69, 9.17) is 0 Å². The highest BCUT2D eigenvalue weighted by Crippen LogP contribution is 2.19. The first-order valence-electron chi connectivity index (χ1n) is 7.93. The van der Waals surface area contributed by atoms with Crippen LogP contribution < -0.4 is 15.4 Å². The summed E-state index contributed by atoms with van der Waals surface area (Å²) in [7, 11) is 2.45. The van der Waals surface area contributed by atoms with Gasteiger partial charge in [0.05, 0.1) is 6.54 Å². The van der Waals surface area contributed by atoms with Crippen molar-refractivity contribution in [3.05, 3.63) is 29.8 Å². The summed E-state index contributed by atoms with van der Waals surface area (Å²) in [5.41, 5.74) is 0.683. The molecule has 1 amide bonds. The number of aliphatic imine (C=N–C) groups is 1. The molecule has 0 heterocycles. The third-order valence-corrected chi connectivity index (χ3v) is 3.26. The second kappa shape index (κ2) is 10.0. The Hall–Kier alpha value is -2.66. The molecule has 0 saturated heterocycles. The number of carbonyl (C=O) groups is 1. The molecule has 0 saturated carbocycles. The summed E-state index contributed by atoms with van der Waals surface area (Å²) in [5, 5.41) is 5.41. The van der Waals surface area contributed by atoms with Crippen LogP contribution >= 0.6 is 0 Å². The molecular weight excluding hydrogens is 394 g/mol. The standard InChI is InChI=1S/C16H20F6N4O2/c1-23-14(25-8-13(27)26(2)9-15(17,18)19)24-7-11-3-5-12(6-4-11)28-10-16(20,21)22/h3-6H,7-10H2,1-2H3,(H2,23,24,25). The summed E-state index contributed by atoms with van der Waals surface area (Å²) in [5.74, 6) is -0.542. The second-order valence-electron chi connectivity index (χ2n) is 5.69. The SMILES string of the molecule is CN=C(NCC(=O)N(C)CC(F)(F)F)NCc1ccc(OCC(F)(F)F)cc1. The molecule has 0 atom stereocenters. The first-order valence-corrected chi connectivity index (χ1v) is 7.93.